The highest BCUT2D eigenvalue weighted by Crippen LogP contribution is 2.10. The molecule has 0 rings (SSSR count). The van der Waals surface area contributed by atoms with Gasteiger partial charge in [0.2, 0.25) is 5.91 Å². The maximum atomic E-state index is 11.3. The number of carbonyl (C=O) groups excluding carboxylic acids is 2. The second kappa shape index (κ2) is 13.3. The molecule has 5 heteroatoms. The minimum Gasteiger partial charge on any atom is -0.345 e. The first kappa shape index (κ1) is 17.9. The molecule has 1 amide bonds. The molecule has 19 heavy (non-hydrogen) atoms. The molecule has 0 unspecified atom stereocenters. The van der Waals surface area contributed by atoms with Gasteiger partial charge in [-0.15, -0.1) is 0 Å². The topological polar surface area (TPSA) is 75.6 Å². The third-order valence-corrected chi connectivity index (χ3v) is 3.04. The van der Waals surface area contributed by atoms with Crippen molar-refractivity contribution in [3.8, 4) is 0 Å². The lowest BCUT2D eigenvalue weighted by atomic mass is 10.1. The van der Waals surface area contributed by atoms with Gasteiger partial charge in [0.05, 0.1) is 0 Å². The normalized spacial score (nSPS) is 10.2. The van der Waals surface area contributed by atoms with Crippen molar-refractivity contribution >= 4 is 11.9 Å². The van der Waals surface area contributed by atoms with Crippen molar-refractivity contribution in [1.82, 2.24) is 5.32 Å². The molecular formula is C14H27NO4. The van der Waals surface area contributed by atoms with Crippen LogP contribution in [0.25, 0.3) is 0 Å². The Morgan fingerprint density at radius 3 is 2.00 bits per heavy atom. The van der Waals surface area contributed by atoms with Gasteiger partial charge in [0, 0.05) is 6.42 Å². The van der Waals surface area contributed by atoms with Gasteiger partial charge >= 0.3 is 5.97 Å². The summed E-state index contributed by atoms with van der Waals surface area (Å²) in [5, 5.41) is 10.4. The Morgan fingerprint density at radius 2 is 1.47 bits per heavy atom. The van der Waals surface area contributed by atoms with Crippen LogP contribution in [-0.4, -0.2) is 23.7 Å². The highest BCUT2D eigenvalue weighted by atomic mass is 17.1. The number of hydrogen-bond acceptors (Lipinski definition) is 4. The van der Waals surface area contributed by atoms with E-state index in [4.69, 9.17) is 5.26 Å². The average Bonchev–Trinajstić information content (AvgIpc) is 2.42. The van der Waals surface area contributed by atoms with E-state index >= 15 is 0 Å². The van der Waals surface area contributed by atoms with Crippen LogP contribution in [0, 0.1) is 0 Å². The zero-order valence-corrected chi connectivity index (χ0v) is 12.0. The Labute approximate surface area is 115 Å². The minimum atomic E-state index is -0.847. The molecule has 0 aliphatic carbocycles. The van der Waals surface area contributed by atoms with E-state index < -0.39 is 5.97 Å². The zero-order chi connectivity index (χ0) is 14.3. The molecule has 5 nitrogen and oxygen atoms in total. The first-order valence-electron chi connectivity index (χ1n) is 7.31. The maximum Gasteiger partial charge on any atom is 0.360 e. The third kappa shape index (κ3) is 13.1. The molecule has 2 N–H and O–H groups in total. The predicted octanol–water partition coefficient (Wildman–Crippen LogP) is 3.04. The maximum absolute atomic E-state index is 11.3. The number of carbonyl (C=O) groups is 2. The molecule has 112 valence electrons. The quantitative estimate of drug-likeness (QED) is 0.325. The van der Waals surface area contributed by atoms with Crippen LogP contribution < -0.4 is 5.32 Å². The zero-order valence-electron chi connectivity index (χ0n) is 12.0. The molecule has 0 atom stereocenters. The van der Waals surface area contributed by atoms with Crippen LogP contribution >= 0.6 is 0 Å². The molecule has 0 aliphatic rings. The fourth-order valence-corrected chi connectivity index (χ4v) is 1.89. The summed E-state index contributed by atoms with van der Waals surface area (Å²) in [5.74, 6) is -1.02. The van der Waals surface area contributed by atoms with E-state index in [1.807, 2.05) is 0 Å². The van der Waals surface area contributed by atoms with Crippen LogP contribution in [0.2, 0.25) is 0 Å². The second-order valence-electron chi connectivity index (χ2n) is 4.82. The lowest BCUT2D eigenvalue weighted by Gasteiger charge is -2.03. The summed E-state index contributed by atoms with van der Waals surface area (Å²) in [7, 11) is 0. The van der Waals surface area contributed by atoms with Gasteiger partial charge in [-0.2, -0.15) is 5.26 Å². The fraction of sp³-hybridized carbons (Fsp3) is 0.857. The van der Waals surface area contributed by atoms with E-state index in [2.05, 4.69) is 17.1 Å². The Balaban J connectivity index is 3.21. The Bertz CT molecular complexity index is 244. The van der Waals surface area contributed by atoms with Gasteiger partial charge in [-0.05, 0) is 6.42 Å². The van der Waals surface area contributed by atoms with Gasteiger partial charge in [0.15, 0.2) is 0 Å². The van der Waals surface area contributed by atoms with Crippen LogP contribution in [0.15, 0.2) is 0 Å². The van der Waals surface area contributed by atoms with Crippen molar-refractivity contribution in [3.63, 3.8) is 0 Å². The molecular weight excluding hydrogens is 246 g/mol. The van der Waals surface area contributed by atoms with Crippen molar-refractivity contribution < 1.29 is 19.7 Å². The highest BCUT2D eigenvalue weighted by molar-refractivity contribution is 5.81. The van der Waals surface area contributed by atoms with Crippen molar-refractivity contribution in [1.29, 1.82) is 0 Å². The lowest BCUT2D eigenvalue weighted by molar-refractivity contribution is -0.233. The van der Waals surface area contributed by atoms with E-state index in [9.17, 15) is 9.59 Å². The molecule has 0 aromatic heterocycles. The fourth-order valence-electron chi connectivity index (χ4n) is 1.89. The highest BCUT2D eigenvalue weighted by Gasteiger charge is 2.05. The summed E-state index contributed by atoms with van der Waals surface area (Å²) < 4.78 is 0. The number of nitrogens with one attached hydrogen (secondary N) is 1. The first-order chi connectivity index (χ1) is 9.20. The summed E-state index contributed by atoms with van der Waals surface area (Å²) >= 11 is 0. The van der Waals surface area contributed by atoms with Crippen molar-refractivity contribution in [3.05, 3.63) is 0 Å². The van der Waals surface area contributed by atoms with Gasteiger partial charge in [-0.3, -0.25) is 9.68 Å². The predicted molar refractivity (Wildman–Crippen MR) is 73.6 cm³/mol. The summed E-state index contributed by atoms with van der Waals surface area (Å²) in [6.45, 7) is 1.94. The van der Waals surface area contributed by atoms with Crippen LogP contribution in [0.1, 0.15) is 71.1 Å². The van der Waals surface area contributed by atoms with Gasteiger partial charge in [-0.1, -0.05) is 58.3 Å². The van der Waals surface area contributed by atoms with E-state index in [1.165, 1.54) is 38.5 Å². The summed E-state index contributed by atoms with van der Waals surface area (Å²) in [6, 6.07) is 0. The van der Waals surface area contributed by atoms with Crippen molar-refractivity contribution in [2.45, 2.75) is 71.1 Å². The van der Waals surface area contributed by atoms with Gasteiger partial charge < -0.3 is 5.32 Å². The summed E-state index contributed by atoms with van der Waals surface area (Å²) in [5.41, 5.74) is 0. The minimum absolute atomic E-state index is 0.173. The Morgan fingerprint density at radius 1 is 0.947 bits per heavy atom. The van der Waals surface area contributed by atoms with Crippen LogP contribution in [0.4, 0.5) is 0 Å². The third-order valence-electron chi connectivity index (χ3n) is 3.04. The number of rotatable bonds is 12. The molecule has 0 radical (unpaired) electrons. The molecule has 0 aromatic carbocycles. The van der Waals surface area contributed by atoms with Crippen LogP contribution in [-0.2, 0) is 14.5 Å². The molecule has 0 aromatic rings. The smallest absolute Gasteiger partial charge is 0.345 e. The van der Waals surface area contributed by atoms with Crippen molar-refractivity contribution in [2.24, 2.45) is 0 Å². The molecule has 0 spiro atoms. The van der Waals surface area contributed by atoms with E-state index in [0.717, 1.165) is 19.3 Å². The Kier molecular flexibility index (Phi) is 12.6. The van der Waals surface area contributed by atoms with Gasteiger partial charge in [0.1, 0.15) is 6.54 Å². The Hall–Kier alpha value is -1.10. The van der Waals surface area contributed by atoms with E-state index in [-0.39, 0.29) is 12.5 Å². The summed E-state index contributed by atoms with van der Waals surface area (Å²) in [6.07, 6.45) is 11.3. The second-order valence-corrected chi connectivity index (χ2v) is 4.82. The number of amides is 1. The van der Waals surface area contributed by atoms with Crippen LogP contribution in [0.3, 0.4) is 0 Å². The number of unbranched alkanes of at least 4 members (excludes halogenated alkanes) is 8. The molecule has 0 saturated carbocycles. The van der Waals surface area contributed by atoms with Gasteiger partial charge in [0.25, 0.3) is 0 Å². The van der Waals surface area contributed by atoms with Crippen molar-refractivity contribution in [2.75, 3.05) is 6.54 Å². The van der Waals surface area contributed by atoms with E-state index in [0.29, 0.717) is 6.42 Å². The number of hydrogen-bond donors (Lipinski definition) is 2. The SMILES string of the molecule is CCCCCCCCCCCC(=O)NCC(=O)OO. The molecule has 0 aliphatic heterocycles. The largest absolute Gasteiger partial charge is 0.360 e. The van der Waals surface area contributed by atoms with Gasteiger partial charge in [-0.25, -0.2) is 4.79 Å². The molecule has 0 bridgehead atoms. The van der Waals surface area contributed by atoms with Crippen LogP contribution in [0.5, 0.6) is 0 Å². The standard InChI is InChI=1S/C14H27NO4/c1-2-3-4-5-6-7-8-9-10-11-13(16)15-12-14(17)19-18/h18H,2-12H2,1H3,(H,15,16). The first-order valence-corrected chi connectivity index (χ1v) is 7.31. The monoisotopic (exact) mass is 273 g/mol. The molecule has 0 saturated heterocycles. The van der Waals surface area contributed by atoms with E-state index in [1.54, 1.807) is 0 Å². The molecule has 0 heterocycles. The molecule has 0 fully saturated rings. The lowest BCUT2D eigenvalue weighted by Crippen LogP contribution is -2.29. The summed E-state index contributed by atoms with van der Waals surface area (Å²) in [4.78, 5) is 25.3. The average molecular weight is 273 g/mol.